The van der Waals surface area contributed by atoms with Crippen LogP contribution >= 0.6 is 0 Å². The van der Waals surface area contributed by atoms with E-state index in [0.29, 0.717) is 54.7 Å². The smallest absolute Gasteiger partial charge is 0.416 e. The molecule has 2 aromatic carbocycles. The molecule has 0 spiro atoms. The summed E-state index contributed by atoms with van der Waals surface area (Å²) >= 11 is 0. The molecule has 0 aliphatic carbocycles. The molecule has 0 saturated heterocycles. The fourth-order valence-electron chi connectivity index (χ4n) is 5.88. The van der Waals surface area contributed by atoms with Crippen LogP contribution in [-0.2, 0) is 17.5 Å². The number of urea groups is 1. The van der Waals surface area contributed by atoms with Crippen LogP contribution in [0.4, 0.5) is 29.3 Å². The van der Waals surface area contributed by atoms with Gasteiger partial charge >= 0.3 is 12.2 Å². The van der Waals surface area contributed by atoms with Gasteiger partial charge in [-0.2, -0.15) is 13.2 Å². The molecule has 0 saturated carbocycles. The number of hydrogen-bond acceptors (Lipinski definition) is 8. The minimum atomic E-state index is -4.40. The van der Waals surface area contributed by atoms with Crippen LogP contribution in [0, 0.1) is 19.8 Å². The van der Waals surface area contributed by atoms with Gasteiger partial charge in [0.2, 0.25) is 0 Å². The Kier molecular flexibility index (Phi) is 13.3. The van der Waals surface area contributed by atoms with Gasteiger partial charge in [0.05, 0.1) is 36.0 Å². The monoisotopic (exact) mass is 703 g/mol. The summed E-state index contributed by atoms with van der Waals surface area (Å²) in [6.45, 7) is 10.3. The van der Waals surface area contributed by atoms with Crippen molar-refractivity contribution in [3.8, 4) is 5.75 Å². The number of amides is 3. The molecule has 0 unspecified atom stereocenters. The third kappa shape index (κ3) is 10.4. The van der Waals surface area contributed by atoms with Crippen molar-refractivity contribution in [3.05, 3.63) is 70.6 Å². The van der Waals surface area contributed by atoms with Crippen LogP contribution < -0.4 is 15.4 Å². The van der Waals surface area contributed by atoms with Gasteiger partial charge in [0.1, 0.15) is 17.1 Å². The Labute approximate surface area is 291 Å². The van der Waals surface area contributed by atoms with Gasteiger partial charge < -0.3 is 34.6 Å². The molecule has 0 fully saturated rings. The molecule has 2 heterocycles. The van der Waals surface area contributed by atoms with E-state index in [9.17, 15) is 27.9 Å². The Hall–Kier alpha value is -4.14. The fraction of sp³-hybridized carbons (Fsp3) is 0.528. The molecule has 50 heavy (non-hydrogen) atoms. The lowest BCUT2D eigenvalue weighted by Gasteiger charge is -2.36. The van der Waals surface area contributed by atoms with Crippen LogP contribution in [0.2, 0.25) is 0 Å². The molecule has 1 aliphatic rings. The maximum Gasteiger partial charge on any atom is 0.416 e. The molecule has 11 nitrogen and oxygen atoms in total. The van der Waals surface area contributed by atoms with Gasteiger partial charge in [0.25, 0.3) is 5.91 Å². The van der Waals surface area contributed by atoms with Crippen molar-refractivity contribution in [2.45, 2.75) is 84.9 Å². The van der Waals surface area contributed by atoms with Crippen LogP contribution in [-0.4, -0.2) is 83.6 Å². The third-order valence-electron chi connectivity index (χ3n) is 8.81. The van der Waals surface area contributed by atoms with E-state index in [1.165, 1.54) is 12.1 Å². The predicted molar refractivity (Wildman–Crippen MR) is 183 cm³/mol. The molecule has 1 aliphatic heterocycles. The fourth-order valence-corrected chi connectivity index (χ4v) is 5.88. The van der Waals surface area contributed by atoms with Crippen LogP contribution in [0.1, 0.15) is 73.0 Å². The van der Waals surface area contributed by atoms with Crippen molar-refractivity contribution in [2.75, 3.05) is 44.0 Å². The predicted octanol–water partition coefficient (Wildman–Crippen LogP) is 6.88. The zero-order valence-electron chi connectivity index (χ0n) is 29.5. The molecular weight excluding hydrogens is 655 g/mol. The van der Waals surface area contributed by atoms with Crippen molar-refractivity contribution in [1.82, 2.24) is 15.0 Å². The number of aliphatic hydroxyl groups excluding tert-OH is 1. The average Bonchev–Trinajstić information content (AvgIpc) is 3.37. The number of ether oxygens (including phenoxy) is 2. The number of aryl methyl sites for hydroxylation is 2. The molecule has 14 heteroatoms. The Morgan fingerprint density at radius 1 is 1.12 bits per heavy atom. The van der Waals surface area contributed by atoms with E-state index < -0.39 is 23.8 Å². The maximum atomic E-state index is 14.4. The van der Waals surface area contributed by atoms with Crippen molar-refractivity contribution in [3.63, 3.8) is 0 Å². The lowest BCUT2D eigenvalue weighted by Crippen LogP contribution is -2.47. The molecule has 3 aromatic rings. The van der Waals surface area contributed by atoms with Crippen molar-refractivity contribution >= 4 is 23.3 Å². The summed E-state index contributed by atoms with van der Waals surface area (Å²) in [5.41, 5.74) is 1.60. The van der Waals surface area contributed by atoms with Crippen LogP contribution in [0.5, 0.6) is 5.75 Å². The number of aliphatic hydroxyl groups is 1. The SMILES string of the molecule is Cc1noc(C)c1NC(=O)Nc1ccc2c(c1)C(=O)N([C@@H](C)CO)C[C@H](C)[C@H](CN(C)Cc1ccc(C(F)(F)F)cc1)OCCCC[C@H](C)O2. The number of nitrogens with one attached hydrogen (secondary N) is 2. The van der Waals surface area contributed by atoms with Crippen LogP contribution in [0.3, 0.4) is 0 Å². The van der Waals surface area contributed by atoms with Crippen LogP contribution in [0.15, 0.2) is 47.0 Å². The highest BCUT2D eigenvalue weighted by Crippen LogP contribution is 2.31. The molecule has 4 atom stereocenters. The summed E-state index contributed by atoms with van der Waals surface area (Å²) in [5, 5.41) is 19.6. The van der Waals surface area contributed by atoms with E-state index in [2.05, 4.69) is 15.8 Å². The number of alkyl halides is 3. The zero-order chi connectivity index (χ0) is 36.6. The first kappa shape index (κ1) is 38.7. The Balaban J connectivity index is 1.57. The molecule has 3 amide bonds. The standard InChI is InChI=1S/C36H48F3N5O6/c1-22-18-44(23(2)21-45)34(46)30-17-29(40-35(47)41-33-25(4)42-50-26(33)5)14-15-31(30)49-24(3)9-7-8-16-48-32(22)20-43(6)19-27-10-12-28(13-11-27)36(37,38)39/h10-15,17,22-24,32,45H,7-9,16,18-21H2,1-6H3,(H2,40,41,47)/t22-,23-,24-,32-/m0/s1. The van der Waals surface area contributed by atoms with Crippen molar-refractivity contribution in [1.29, 1.82) is 0 Å². The summed E-state index contributed by atoms with van der Waals surface area (Å²) in [6, 6.07) is 8.90. The number of carbonyl (C=O) groups excluding carboxylic acids is 2. The van der Waals surface area contributed by atoms with Crippen molar-refractivity contribution < 1.29 is 41.9 Å². The summed E-state index contributed by atoms with van der Waals surface area (Å²) < 4.78 is 57.0. The van der Waals surface area contributed by atoms with Gasteiger partial charge in [-0.15, -0.1) is 0 Å². The minimum absolute atomic E-state index is 0.198. The van der Waals surface area contributed by atoms with E-state index in [4.69, 9.17) is 14.0 Å². The second-order valence-corrected chi connectivity index (χ2v) is 13.2. The highest BCUT2D eigenvalue weighted by Gasteiger charge is 2.32. The van der Waals surface area contributed by atoms with E-state index in [0.717, 1.165) is 30.5 Å². The van der Waals surface area contributed by atoms with E-state index in [1.54, 1.807) is 43.9 Å². The maximum absolute atomic E-state index is 14.4. The van der Waals surface area contributed by atoms with E-state index in [-0.39, 0.29) is 42.7 Å². The number of nitrogens with zero attached hydrogens (tertiary/aromatic N) is 3. The first-order valence-electron chi connectivity index (χ1n) is 16.9. The van der Waals surface area contributed by atoms with Gasteiger partial charge in [-0.25, -0.2) is 4.79 Å². The number of fused-ring (bicyclic) bond motifs is 1. The Morgan fingerprint density at radius 3 is 2.48 bits per heavy atom. The number of likely N-dealkylation sites (N-methyl/N-ethyl adjacent to an activating group) is 1. The summed E-state index contributed by atoms with van der Waals surface area (Å²) in [6.07, 6.45) is -2.63. The highest BCUT2D eigenvalue weighted by molar-refractivity contribution is 6.03. The number of benzene rings is 2. The highest BCUT2D eigenvalue weighted by atomic mass is 19.4. The molecular formula is C36H48F3N5O6. The second-order valence-electron chi connectivity index (χ2n) is 13.2. The number of halogens is 3. The normalized spacial score (nSPS) is 20.1. The number of carbonyl (C=O) groups is 2. The van der Waals surface area contributed by atoms with Gasteiger partial charge in [-0.05, 0) is 89.9 Å². The summed E-state index contributed by atoms with van der Waals surface area (Å²) in [4.78, 5) is 30.8. The molecule has 0 bridgehead atoms. The Morgan fingerprint density at radius 2 is 1.84 bits per heavy atom. The zero-order valence-corrected chi connectivity index (χ0v) is 29.5. The number of anilines is 2. The third-order valence-corrected chi connectivity index (χ3v) is 8.81. The van der Waals surface area contributed by atoms with Gasteiger partial charge in [-0.1, -0.05) is 24.2 Å². The molecule has 0 radical (unpaired) electrons. The quantitative estimate of drug-likeness (QED) is 0.232. The van der Waals surface area contributed by atoms with Gasteiger partial charge in [-0.3, -0.25) is 9.69 Å². The molecule has 3 N–H and O–H groups in total. The summed E-state index contributed by atoms with van der Waals surface area (Å²) in [5.74, 6) is 0.235. The summed E-state index contributed by atoms with van der Waals surface area (Å²) in [7, 11) is 1.88. The lowest BCUT2D eigenvalue weighted by molar-refractivity contribution is -0.137. The first-order valence-corrected chi connectivity index (χ1v) is 16.9. The number of rotatable bonds is 8. The van der Waals surface area contributed by atoms with Gasteiger partial charge in [0, 0.05) is 37.8 Å². The topological polar surface area (TPSA) is 129 Å². The lowest BCUT2D eigenvalue weighted by atomic mass is 10.0. The number of aromatic nitrogens is 1. The Bertz CT molecular complexity index is 1560. The van der Waals surface area contributed by atoms with E-state index in [1.807, 2.05) is 25.8 Å². The second kappa shape index (κ2) is 17.2. The average molecular weight is 704 g/mol. The molecule has 274 valence electrons. The minimum Gasteiger partial charge on any atom is -0.490 e. The largest absolute Gasteiger partial charge is 0.490 e. The van der Waals surface area contributed by atoms with Crippen LogP contribution in [0.25, 0.3) is 0 Å². The van der Waals surface area contributed by atoms with Gasteiger partial charge in [0.15, 0.2) is 5.76 Å². The first-order chi connectivity index (χ1) is 23.7. The number of hydrogen-bond donors (Lipinski definition) is 3. The molecule has 1 aromatic heterocycles. The van der Waals surface area contributed by atoms with Crippen molar-refractivity contribution in [2.24, 2.45) is 5.92 Å². The van der Waals surface area contributed by atoms with E-state index >= 15 is 0 Å². The molecule has 4 rings (SSSR count).